The van der Waals surface area contributed by atoms with Crippen molar-refractivity contribution in [2.75, 3.05) is 13.6 Å². The van der Waals surface area contributed by atoms with E-state index in [1.165, 1.54) is 12.0 Å². The number of rotatable bonds is 1. The average Bonchev–Trinajstić information content (AvgIpc) is 2.19. The zero-order chi connectivity index (χ0) is 9.10. The Morgan fingerprint density at radius 1 is 1.62 bits per heavy atom. The van der Waals surface area contributed by atoms with Crippen LogP contribution in [-0.4, -0.2) is 23.6 Å². The van der Waals surface area contributed by atoms with Crippen LogP contribution in [0.25, 0.3) is 0 Å². The third kappa shape index (κ3) is 2.05. The van der Waals surface area contributed by atoms with Crippen molar-refractivity contribution >= 4 is 0 Å². The van der Waals surface area contributed by atoms with Crippen LogP contribution >= 0.6 is 0 Å². The van der Waals surface area contributed by atoms with Crippen LogP contribution < -0.4 is 0 Å². The lowest BCUT2D eigenvalue weighted by atomic mass is 10.1. The highest BCUT2D eigenvalue weighted by molar-refractivity contribution is 5.12. The average molecular weight is 178 g/mol. The molecule has 0 spiro atoms. The summed E-state index contributed by atoms with van der Waals surface area (Å²) in [5, 5.41) is 1.90. The van der Waals surface area contributed by atoms with E-state index in [2.05, 4.69) is 11.1 Å². The van der Waals surface area contributed by atoms with E-state index >= 15 is 0 Å². The first kappa shape index (κ1) is 8.66. The zero-order valence-corrected chi connectivity index (χ0v) is 7.81. The standard InChI is InChI=1S/C10H14N2O/c1-12-7-3-5-10(13-12)9-4-2-6-11-8-9/h2,4,6,8,10H,3,5,7H2,1H3. The molecule has 70 valence electrons. The number of nitrogens with zero attached hydrogens (tertiary/aromatic N) is 2. The van der Waals surface area contributed by atoms with Crippen molar-refractivity contribution in [2.24, 2.45) is 0 Å². The monoisotopic (exact) mass is 178 g/mol. The summed E-state index contributed by atoms with van der Waals surface area (Å²) >= 11 is 0. The predicted molar refractivity (Wildman–Crippen MR) is 49.9 cm³/mol. The second-order valence-electron chi connectivity index (χ2n) is 3.37. The van der Waals surface area contributed by atoms with Gasteiger partial charge in [0.15, 0.2) is 0 Å². The molecule has 3 nitrogen and oxygen atoms in total. The largest absolute Gasteiger partial charge is 0.291 e. The number of pyridine rings is 1. The summed E-state index contributed by atoms with van der Waals surface area (Å²) in [6.07, 6.45) is 6.15. The van der Waals surface area contributed by atoms with Crippen molar-refractivity contribution in [3.05, 3.63) is 30.1 Å². The molecule has 0 amide bonds. The fraction of sp³-hybridized carbons (Fsp3) is 0.500. The number of aromatic nitrogens is 1. The summed E-state index contributed by atoms with van der Waals surface area (Å²) in [5.74, 6) is 0. The van der Waals surface area contributed by atoms with Crippen LogP contribution in [0.4, 0.5) is 0 Å². The highest BCUT2D eigenvalue weighted by Gasteiger charge is 2.19. The minimum Gasteiger partial charge on any atom is -0.291 e. The van der Waals surface area contributed by atoms with Gasteiger partial charge in [-0.2, -0.15) is 5.06 Å². The Bertz CT molecular complexity index is 263. The quantitative estimate of drug-likeness (QED) is 0.655. The first-order valence-corrected chi connectivity index (χ1v) is 4.64. The van der Waals surface area contributed by atoms with E-state index in [-0.39, 0.29) is 6.10 Å². The highest BCUT2D eigenvalue weighted by Crippen LogP contribution is 2.26. The molecule has 2 heterocycles. The summed E-state index contributed by atoms with van der Waals surface area (Å²) in [4.78, 5) is 9.75. The van der Waals surface area contributed by atoms with E-state index in [0.29, 0.717) is 0 Å². The van der Waals surface area contributed by atoms with Gasteiger partial charge < -0.3 is 0 Å². The molecular formula is C10H14N2O. The maximum Gasteiger partial charge on any atom is 0.106 e. The van der Waals surface area contributed by atoms with Crippen LogP contribution in [0.5, 0.6) is 0 Å². The van der Waals surface area contributed by atoms with E-state index in [9.17, 15) is 0 Å². The minimum absolute atomic E-state index is 0.201. The summed E-state index contributed by atoms with van der Waals surface area (Å²) in [7, 11) is 1.97. The van der Waals surface area contributed by atoms with Gasteiger partial charge in [0.1, 0.15) is 6.10 Å². The molecule has 3 heteroatoms. The van der Waals surface area contributed by atoms with Gasteiger partial charge in [-0.15, -0.1) is 0 Å². The number of hydroxylamine groups is 2. The molecule has 0 radical (unpaired) electrons. The maximum atomic E-state index is 5.67. The van der Waals surface area contributed by atoms with Gasteiger partial charge in [0.05, 0.1) is 0 Å². The lowest BCUT2D eigenvalue weighted by Crippen LogP contribution is -2.28. The summed E-state index contributed by atoms with van der Waals surface area (Å²) in [5.41, 5.74) is 1.18. The highest BCUT2D eigenvalue weighted by atomic mass is 16.7. The van der Waals surface area contributed by atoms with Crippen molar-refractivity contribution in [2.45, 2.75) is 18.9 Å². The molecule has 13 heavy (non-hydrogen) atoms. The minimum atomic E-state index is 0.201. The van der Waals surface area contributed by atoms with E-state index < -0.39 is 0 Å². The molecule has 0 aliphatic carbocycles. The summed E-state index contributed by atoms with van der Waals surface area (Å²) in [6.45, 7) is 1.02. The van der Waals surface area contributed by atoms with Crippen LogP contribution in [0.2, 0.25) is 0 Å². The van der Waals surface area contributed by atoms with Crippen LogP contribution in [0, 0.1) is 0 Å². The smallest absolute Gasteiger partial charge is 0.106 e. The Kier molecular flexibility index (Phi) is 2.57. The molecule has 1 unspecified atom stereocenters. The Hall–Kier alpha value is -0.930. The van der Waals surface area contributed by atoms with Gasteiger partial charge >= 0.3 is 0 Å². The normalized spacial score (nSPS) is 24.5. The van der Waals surface area contributed by atoms with E-state index in [0.717, 1.165) is 13.0 Å². The number of hydrogen-bond acceptors (Lipinski definition) is 3. The van der Waals surface area contributed by atoms with Gasteiger partial charge in [-0.05, 0) is 18.9 Å². The fourth-order valence-corrected chi connectivity index (χ4v) is 1.62. The van der Waals surface area contributed by atoms with Crippen LogP contribution in [0.3, 0.4) is 0 Å². The molecule has 1 aromatic heterocycles. The molecule has 1 atom stereocenters. The topological polar surface area (TPSA) is 25.4 Å². The van der Waals surface area contributed by atoms with Crippen molar-refractivity contribution in [3.63, 3.8) is 0 Å². The van der Waals surface area contributed by atoms with Gasteiger partial charge in [-0.3, -0.25) is 9.82 Å². The van der Waals surface area contributed by atoms with Crippen molar-refractivity contribution in [1.82, 2.24) is 10.0 Å². The van der Waals surface area contributed by atoms with Crippen molar-refractivity contribution < 1.29 is 4.84 Å². The zero-order valence-electron chi connectivity index (χ0n) is 7.81. The van der Waals surface area contributed by atoms with Gasteiger partial charge in [-0.25, -0.2) is 0 Å². The summed E-state index contributed by atoms with van der Waals surface area (Å²) < 4.78 is 0. The molecule has 0 saturated carbocycles. The van der Waals surface area contributed by atoms with E-state index in [1.807, 2.05) is 24.4 Å². The lowest BCUT2D eigenvalue weighted by molar-refractivity contribution is -0.208. The molecule has 0 aromatic carbocycles. The van der Waals surface area contributed by atoms with Gasteiger partial charge in [0, 0.05) is 31.5 Å². The predicted octanol–water partition coefficient (Wildman–Crippen LogP) is 1.78. The first-order chi connectivity index (χ1) is 6.36. The summed E-state index contributed by atoms with van der Waals surface area (Å²) in [6, 6.07) is 4.02. The Morgan fingerprint density at radius 2 is 2.54 bits per heavy atom. The molecule has 0 bridgehead atoms. The third-order valence-electron chi connectivity index (χ3n) is 2.30. The molecule has 0 N–H and O–H groups in total. The molecule has 1 aromatic rings. The Labute approximate surface area is 78.3 Å². The number of hydrogen-bond donors (Lipinski definition) is 0. The molecule has 1 fully saturated rings. The fourth-order valence-electron chi connectivity index (χ4n) is 1.62. The SMILES string of the molecule is CN1CCCC(c2cccnc2)O1. The third-order valence-corrected chi connectivity index (χ3v) is 2.30. The van der Waals surface area contributed by atoms with Crippen LogP contribution in [0.15, 0.2) is 24.5 Å². The lowest BCUT2D eigenvalue weighted by Gasteiger charge is -2.29. The second kappa shape index (κ2) is 3.85. The molecule has 2 rings (SSSR count). The second-order valence-corrected chi connectivity index (χ2v) is 3.37. The maximum absolute atomic E-state index is 5.67. The van der Waals surface area contributed by atoms with Gasteiger partial charge in [0.25, 0.3) is 0 Å². The van der Waals surface area contributed by atoms with Gasteiger partial charge in [0.2, 0.25) is 0 Å². The molecule has 1 aliphatic rings. The molecule has 1 saturated heterocycles. The first-order valence-electron chi connectivity index (χ1n) is 4.64. The van der Waals surface area contributed by atoms with Crippen LogP contribution in [-0.2, 0) is 4.84 Å². The van der Waals surface area contributed by atoms with Crippen molar-refractivity contribution in [1.29, 1.82) is 0 Å². The van der Waals surface area contributed by atoms with Gasteiger partial charge in [-0.1, -0.05) is 6.07 Å². The van der Waals surface area contributed by atoms with E-state index in [1.54, 1.807) is 6.20 Å². The molecular weight excluding hydrogens is 164 g/mol. The van der Waals surface area contributed by atoms with E-state index in [4.69, 9.17) is 4.84 Å². The Morgan fingerprint density at radius 3 is 3.23 bits per heavy atom. The Balaban J connectivity index is 2.08. The van der Waals surface area contributed by atoms with Crippen molar-refractivity contribution in [3.8, 4) is 0 Å². The van der Waals surface area contributed by atoms with Crippen LogP contribution in [0.1, 0.15) is 24.5 Å². The molecule has 1 aliphatic heterocycles.